The van der Waals surface area contributed by atoms with Gasteiger partial charge in [0.1, 0.15) is 18.1 Å². The molecule has 0 aliphatic rings. The van der Waals surface area contributed by atoms with Crippen molar-refractivity contribution in [1.82, 2.24) is 0 Å². The molecule has 0 saturated heterocycles. The van der Waals surface area contributed by atoms with Crippen molar-refractivity contribution >= 4 is 12.3 Å². The molecule has 0 aliphatic carbocycles. The molecule has 2 aromatic carbocycles. The Labute approximate surface area is 165 Å². The van der Waals surface area contributed by atoms with Gasteiger partial charge in [0.2, 0.25) is 0 Å². The van der Waals surface area contributed by atoms with Crippen molar-refractivity contribution in [3.8, 4) is 11.5 Å². The van der Waals surface area contributed by atoms with Crippen molar-refractivity contribution in [2.45, 2.75) is 19.4 Å². The third kappa shape index (κ3) is 10.6. The smallest absolute Gasteiger partial charge is 0.302 e. The Hall–Kier alpha value is -3.38. The van der Waals surface area contributed by atoms with E-state index in [4.69, 9.17) is 5.11 Å². The number of aliphatic hydroxyl groups is 1. The largest absolute Gasteiger partial charge is 0.508 e. The maximum atomic E-state index is 10.1. The van der Waals surface area contributed by atoms with E-state index >= 15 is 0 Å². The molecule has 0 amide bonds. The summed E-state index contributed by atoms with van der Waals surface area (Å²) in [7, 11) is 0. The fourth-order valence-corrected chi connectivity index (χ4v) is 1.82. The highest BCUT2D eigenvalue weighted by Gasteiger charge is 2.08. The van der Waals surface area contributed by atoms with Crippen LogP contribution in [0.2, 0.25) is 0 Å². The lowest BCUT2D eigenvalue weighted by atomic mass is 10.1. The summed E-state index contributed by atoms with van der Waals surface area (Å²) in [5.74, 6) is -0.0979. The van der Waals surface area contributed by atoms with Gasteiger partial charge in [-0.15, -0.1) is 6.58 Å². The average molecular weight is 386 g/mol. The first-order valence-corrected chi connectivity index (χ1v) is 8.41. The van der Waals surface area contributed by atoms with Crippen molar-refractivity contribution < 1.29 is 29.6 Å². The van der Waals surface area contributed by atoms with E-state index in [1.807, 2.05) is 0 Å². The number of hydrogen-bond acceptors (Lipinski definition) is 6. The third-order valence-electron chi connectivity index (χ3n) is 3.15. The Balaban J connectivity index is 0.000000408. The van der Waals surface area contributed by atoms with Crippen molar-refractivity contribution in [1.29, 1.82) is 0 Å². The maximum Gasteiger partial charge on any atom is 0.302 e. The van der Waals surface area contributed by atoms with E-state index in [0.29, 0.717) is 30.4 Å². The summed E-state index contributed by atoms with van der Waals surface area (Å²) in [6.07, 6.45) is 3.58. The van der Waals surface area contributed by atoms with Gasteiger partial charge in [-0.1, -0.05) is 49.1 Å². The fraction of sp³-hybridized carbons (Fsp3) is 0.182. The number of esters is 1. The number of hydrogen-bond donors (Lipinski definition) is 3. The minimum atomic E-state index is -0.649. The molecule has 1 unspecified atom stereocenters. The second kappa shape index (κ2) is 14.8. The summed E-state index contributed by atoms with van der Waals surface area (Å²) < 4.78 is 4.43. The lowest BCUT2D eigenvalue weighted by molar-refractivity contribution is -0.139. The lowest BCUT2D eigenvalue weighted by Crippen LogP contribution is -1.96. The van der Waals surface area contributed by atoms with E-state index in [1.54, 1.807) is 48.5 Å². The number of aldehydes is 1. The van der Waals surface area contributed by atoms with E-state index in [0.717, 1.165) is 0 Å². The van der Waals surface area contributed by atoms with Gasteiger partial charge in [0.25, 0.3) is 0 Å². The van der Waals surface area contributed by atoms with Crippen molar-refractivity contribution in [3.63, 3.8) is 0 Å². The number of carbonyl (C=O) groups excluding carboxylic acids is 2. The minimum Gasteiger partial charge on any atom is -0.508 e. The van der Waals surface area contributed by atoms with Gasteiger partial charge in [-0.2, -0.15) is 0 Å². The fourth-order valence-electron chi connectivity index (χ4n) is 1.82. The number of rotatable bonds is 6. The molecule has 0 aliphatic heterocycles. The molecule has 1 atom stereocenters. The Morgan fingerprint density at radius 3 is 2.00 bits per heavy atom. The summed E-state index contributed by atoms with van der Waals surface area (Å²) in [6, 6.07) is 13.2. The molecule has 150 valence electrons. The second-order valence-corrected chi connectivity index (χ2v) is 5.37. The van der Waals surface area contributed by atoms with Gasteiger partial charge in [0.05, 0.1) is 11.7 Å². The molecule has 6 heteroatoms. The average Bonchev–Trinajstić information content (AvgIpc) is 2.68. The molecule has 0 fully saturated rings. The molecule has 0 heterocycles. The lowest BCUT2D eigenvalue weighted by Gasteiger charge is -2.09. The minimum absolute atomic E-state index is 0.0347. The predicted molar refractivity (Wildman–Crippen MR) is 108 cm³/mol. The Morgan fingerprint density at radius 1 is 1.04 bits per heavy atom. The van der Waals surface area contributed by atoms with Crippen LogP contribution in [0.5, 0.6) is 11.5 Å². The number of ether oxygens (including phenoxy) is 1. The van der Waals surface area contributed by atoms with Crippen LogP contribution in [-0.2, 0) is 9.53 Å². The normalized spacial score (nSPS) is 10.1. The zero-order chi connectivity index (χ0) is 21.4. The standard InChI is InChI=1S/C10H12O2.C7H6O2.C5H8O2/c1-2-5-9(11)8-6-3-4-7-10(8)12;8-5-6-3-1-2-4-7(6)9;1-3-4-7-5(2)6/h2-4,6-7,9,11-12H,1,5H2;1-5,9H;3H,1,4H2,2H3. The molecule has 0 saturated carbocycles. The van der Waals surface area contributed by atoms with Crippen LogP contribution in [0.3, 0.4) is 0 Å². The van der Waals surface area contributed by atoms with Gasteiger partial charge in [0, 0.05) is 12.5 Å². The van der Waals surface area contributed by atoms with Gasteiger partial charge in [0.15, 0.2) is 6.29 Å². The Kier molecular flexibility index (Phi) is 13.0. The highest BCUT2D eigenvalue weighted by atomic mass is 16.5. The molecule has 3 N–H and O–H groups in total. The molecule has 0 spiro atoms. The molecular weight excluding hydrogens is 360 g/mol. The number of benzene rings is 2. The van der Waals surface area contributed by atoms with Crippen LogP contribution < -0.4 is 0 Å². The van der Waals surface area contributed by atoms with Gasteiger partial charge in [-0.25, -0.2) is 0 Å². The molecule has 2 rings (SSSR count). The number of aromatic hydroxyl groups is 2. The molecule has 6 nitrogen and oxygen atoms in total. The number of phenols is 2. The number of aliphatic hydroxyl groups excluding tert-OH is 1. The second-order valence-electron chi connectivity index (χ2n) is 5.37. The Morgan fingerprint density at radius 2 is 1.61 bits per heavy atom. The number of para-hydroxylation sites is 2. The van der Waals surface area contributed by atoms with E-state index in [9.17, 15) is 19.8 Å². The van der Waals surface area contributed by atoms with Gasteiger partial charge in [-0.05, 0) is 24.6 Å². The van der Waals surface area contributed by atoms with E-state index in [1.165, 1.54) is 19.1 Å². The molecule has 28 heavy (non-hydrogen) atoms. The number of carbonyl (C=O) groups is 2. The topological polar surface area (TPSA) is 104 Å². The van der Waals surface area contributed by atoms with Crippen molar-refractivity contribution in [2.24, 2.45) is 0 Å². The number of phenolic OH excluding ortho intramolecular Hbond substituents is 2. The first-order chi connectivity index (χ1) is 13.4. The predicted octanol–water partition coefficient (Wildman–Crippen LogP) is 3.94. The molecule has 0 bridgehead atoms. The van der Waals surface area contributed by atoms with Crippen molar-refractivity contribution in [3.05, 3.63) is 85.0 Å². The third-order valence-corrected chi connectivity index (χ3v) is 3.15. The zero-order valence-electron chi connectivity index (χ0n) is 15.8. The van der Waals surface area contributed by atoms with E-state index < -0.39 is 6.10 Å². The van der Waals surface area contributed by atoms with E-state index in [2.05, 4.69) is 17.9 Å². The highest BCUT2D eigenvalue weighted by molar-refractivity contribution is 5.78. The van der Waals surface area contributed by atoms with Gasteiger partial charge < -0.3 is 20.1 Å². The first-order valence-electron chi connectivity index (χ1n) is 8.41. The monoisotopic (exact) mass is 386 g/mol. The van der Waals surface area contributed by atoms with Crippen LogP contribution in [0.4, 0.5) is 0 Å². The van der Waals surface area contributed by atoms with Gasteiger partial charge in [-0.3, -0.25) is 9.59 Å². The molecule has 2 aromatic rings. The van der Waals surface area contributed by atoms with Crippen LogP contribution in [0.1, 0.15) is 35.4 Å². The first kappa shape index (κ1) is 24.6. The molecule has 0 aromatic heterocycles. The van der Waals surface area contributed by atoms with Gasteiger partial charge >= 0.3 is 5.97 Å². The summed E-state index contributed by atoms with van der Waals surface area (Å²) in [4.78, 5) is 20.0. The van der Waals surface area contributed by atoms with Crippen LogP contribution in [0.15, 0.2) is 73.8 Å². The zero-order valence-corrected chi connectivity index (χ0v) is 15.8. The summed E-state index contributed by atoms with van der Waals surface area (Å²) in [5, 5.41) is 27.7. The Bertz CT molecular complexity index is 754. The summed E-state index contributed by atoms with van der Waals surface area (Å²) in [6.45, 7) is 8.55. The summed E-state index contributed by atoms with van der Waals surface area (Å²) in [5.41, 5.74) is 0.884. The van der Waals surface area contributed by atoms with Crippen LogP contribution in [0, 0.1) is 0 Å². The quantitative estimate of drug-likeness (QED) is 0.395. The van der Waals surface area contributed by atoms with E-state index in [-0.39, 0.29) is 17.5 Å². The maximum absolute atomic E-state index is 10.1. The van der Waals surface area contributed by atoms with Crippen LogP contribution in [0.25, 0.3) is 0 Å². The molecular formula is C22H26O6. The van der Waals surface area contributed by atoms with Crippen molar-refractivity contribution in [2.75, 3.05) is 6.61 Å². The SMILES string of the molecule is C=CCC(O)c1ccccc1O.C=CCOC(C)=O.O=Cc1ccccc1O. The molecule has 0 radical (unpaired) electrons. The summed E-state index contributed by atoms with van der Waals surface area (Å²) >= 11 is 0. The van der Waals surface area contributed by atoms with Crippen LogP contribution >= 0.6 is 0 Å². The highest BCUT2D eigenvalue weighted by Crippen LogP contribution is 2.25. The van der Waals surface area contributed by atoms with Crippen LogP contribution in [-0.4, -0.2) is 34.2 Å².